The molecule has 1 atom stereocenters. The molecule has 0 aliphatic carbocycles. The third-order valence-electron chi connectivity index (χ3n) is 2.85. The van der Waals surface area contributed by atoms with Crippen LogP contribution in [0.4, 0.5) is 4.39 Å². The molecule has 0 radical (unpaired) electrons. The Morgan fingerprint density at radius 1 is 1.22 bits per heavy atom. The summed E-state index contributed by atoms with van der Waals surface area (Å²) in [6, 6.07) is 10.3. The Bertz CT molecular complexity index is 679. The Labute approximate surface area is 108 Å². The van der Waals surface area contributed by atoms with Gasteiger partial charge < -0.3 is 5.73 Å². The number of hydrogen-bond donors (Lipinski definition) is 1. The van der Waals surface area contributed by atoms with Crippen molar-refractivity contribution < 1.29 is 4.39 Å². The molecule has 1 aromatic carbocycles. The van der Waals surface area contributed by atoms with Gasteiger partial charge in [0.15, 0.2) is 0 Å². The topological polar surface area (TPSA) is 38.9 Å². The molecule has 0 amide bonds. The molecule has 0 saturated heterocycles. The first kappa shape index (κ1) is 11.3. The molecule has 1 unspecified atom stereocenters. The Balaban J connectivity index is 2.04. The maximum Gasteiger partial charge on any atom is 0.123 e. The van der Waals surface area contributed by atoms with Crippen molar-refractivity contribution >= 4 is 21.4 Å². The van der Waals surface area contributed by atoms with Crippen LogP contribution in [0, 0.1) is 5.82 Å². The Hall–Kier alpha value is -1.78. The van der Waals surface area contributed by atoms with Crippen molar-refractivity contribution in [3.8, 4) is 0 Å². The molecule has 4 heteroatoms. The van der Waals surface area contributed by atoms with Gasteiger partial charge in [-0.25, -0.2) is 4.39 Å². The van der Waals surface area contributed by atoms with Crippen molar-refractivity contribution in [3.63, 3.8) is 0 Å². The van der Waals surface area contributed by atoms with E-state index in [1.54, 1.807) is 29.8 Å². The quantitative estimate of drug-likeness (QED) is 0.764. The van der Waals surface area contributed by atoms with Crippen LogP contribution in [-0.4, -0.2) is 4.98 Å². The molecule has 2 N–H and O–H groups in total. The van der Waals surface area contributed by atoms with E-state index in [4.69, 9.17) is 5.73 Å². The van der Waals surface area contributed by atoms with Crippen molar-refractivity contribution in [1.29, 1.82) is 0 Å². The zero-order chi connectivity index (χ0) is 12.5. The summed E-state index contributed by atoms with van der Waals surface area (Å²) >= 11 is 1.59. The fourth-order valence-corrected chi connectivity index (χ4v) is 2.99. The first-order valence-electron chi connectivity index (χ1n) is 5.58. The largest absolute Gasteiger partial charge is 0.320 e. The number of fused-ring (bicyclic) bond motifs is 1. The minimum Gasteiger partial charge on any atom is -0.320 e. The molecular formula is C14H11FN2S. The fraction of sp³-hybridized carbons (Fsp3) is 0.0714. The van der Waals surface area contributed by atoms with Crippen molar-refractivity contribution in [2.45, 2.75) is 6.04 Å². The molecule has 0 aliphatic heterocycles. The number of hydrogen-bond acceptors (Lipinski definition) is 3. The smallest absolute Gasteiger partial charge is 0.123 e. The molecular weight excluding hydrogens is 247 g/mol. The summed E-state index contributed by atoms with van der Waals surface area (Å²) < 4.78 is 14.2. The Morgan fingerprint density at radius 2 is 2.11 bits per heavy atom. The number of nitrogens with two attached hydrogens (primary N) is 1. The van der Waals surface area contributed by atoms with E-state index in [-0.39, 0.29) is 11.9 Å². The lowest BCUT2D eigenvalue weighted by Crippen LogP contribution is -2.10. The zero-order valence-corrected chi connectivity index (χ0v) is 10.3. The normalized spacial score (nSPS) is 12.8. The summed E-state index contributed by atoms with van der Waals surface area (Å²) in [7, 11) is 0. The minimum atomic E-state index is -0.221. The van der Waals surface area contributed by atoms with Crippen LogP contribution in [0.5, 0.6) is 0 Å². The summed E-state index contributed by atoms with van der Waals surface area (Å²) in [5.74, 6) is -0.221. The molecule has 2 aromatic heterocycles. The van der Waals surface area contributed by atoms with Gasteiger partial charge in [-0.15, -0.1) is 11.3 Å². The third kappa shape index (κ3) is 2.00. The number of rotatable bonds is 2. The molecule has 2 heterocycles. The number of aromatic nitrogens is 1. The van der Waals surface area contributed by atoms with Crippen LogP contribution >= 0.6 is 11.3 Å². The summed E-state index contributed by atoms with van der Waals surface area (Å²) in [6.45, 7) is 0. The zero-order valence-electron chi connectivity index (χ0n) is 9.51. The summed E-state index contributed by atoms with van der Waals surface area (Å²) in [6.07, 6.45) is 3.48. The molecule has 0 spiro atoms. The maximum atomic E-state index is 13.1. The summed E-state index contributed by atoms with van der Waals surface area (Å²) in [5.41, 5.74) is 7.16. The van der Waals surface area contributed by atoms with E-state index >= 15 is 0 Å². The summed E-state index contributed by atoms with van der Waals surface area (Å²) in [5, 5.41) is 0.898. The van der Waals surface area contributed by atoms with Gasteiger partial charge >= 0.3 is 0 Å². The highest BCUT2D eigenvalue weighted by molar-refractivity contribution is 7.19. The van der Waals surface area contributed by atoms with E-state index in [9.17, 15) is 4.39 Å². The molecule has 90 valence electrons. The number of halogens is 1. The van der Waals surface area contributed by atoms with Crippen LogP contribution in [-0.2, 0) is 0 Å². The highest BCUT2D eigenvalue weighted by Gasteiger charge is 2.12. The molecule has 0 bridgehead atoms. The van der Waals surface area contributed by atoms with E-state index in [0.29, 0.717) is 0 Å². The van der Waals surface area contributed by atoms with E-state index in [2.05, 4.69) is 4.98 Å². The van der Waals surface area contributed by atoms with Crippen molar-refractivity contribution in [2.75, 3.05) is 0 Å². The summed E-state index contributed by atoms with van der Waals surface area (Å²) in [4.78, 5) is 5.08. The average Bonchev–Trinajstić information content (AvgIpc) is 2.81. The van der Waals surface area contributed by atoms with Crippen molar-refractivity contribution in [1.82, 2.24) is 4.98 Å². The van der Waals surface area contributed by atoms with Crippen LogP contribution in [0.2, 0.25) is 0 Å². The molecule has 2 nitrogen and oxygen atoms in total. The van der Waals surface area contributed by atoms with Crippen molar-refractivity contribution in [2.24, 2.45) is 5.73 Å². The molecule has 18 heavy (non-hydrogen) atoms. The fourth-order valence-electron chi connectivity index (χ4n) is 1.91. The average molecular weight is 258 g/mol. The maximum absolute atomic E-state index is 13.1. The van der Waals surface area contributed by atoms with Crippen molar-refractivity contribution in [3.05, 3.63) is 65.0 Å². The van der Waals surface area contributed by atoms with E-state index in [0.717, 1.165) is 20.5 Å². The first-order valence-corrected chi connectivity index (χ1v) is 6.40. The molecule has 0 aliphatic rings. The second-order valence-electron chi connectivity index (χ2n) is 4.09. The van der Waals surface area contributed by atoms with Gasteiger partial charge in [0.25, 0.3) is 0 Å². The number of pyridine rings is 1. The highest BCUT2D eigenvalue weighted by atomic mass is 32.1. The second-order valence-corrected chi connectivity index (χ2v) is 5.21. The SMILES string of the molecule is NC(c1cccnc1)c1cc2cc(F)ccc2s1. The Morgan fingerprint density at radius 3 is 2.89 bits per heavy atom. The van der Waals surface area contributed by atoms with Gasteiger partial charge in [-0.1, -0.05) is 6.07 Å². The Kier molecular flexibility index (Phi) is 2.81. The van der Waals surface area contributed by atoms with Gasteiger partial charge in [-0.3, -0.25) is 4.98 Å². The number of thiophene rings is 1. The van der Waals surface area contributed by atoms with Crippen LogP contribution in [0.1, 0.15) is 16.5 Å². The van der Waals surface area contributed by atoms with E-state index in [1.165, 1.54) is 12.1 Å². The molecule has 3 aromatic rings. The first-order chi connectivity index (χ1) is 8.74. The van der Waals surface area contributed by atoms with Gasteiger partial charge in [-0.05, 0) is 41.3 Å². The van der Waals surface area contributed by atoms with Crippen LogP contribution in [0.3, 0.4) is 0 Å². The molecule has 0 fully saturated rings. The number of nitrogens with zero attached hydrogens (tertiary/aromatic N) is 1. The van der Waals surface area contributed by atoms with Gasteiger partial charge in [0.2, 0.25) is 0 Å². The van der Waals surface area contributed by atoms with Gasteiger partial charge in [0.05, 0.1) is 6.04 Å². The van der Waals surface area contributed by atoms with Crippen LogP contribution in [0.15, 0.2) is 48.8 Å². The monoisotopic (exact) mass is 258 g/mol. The van der Waals surface area contributed by atoms with E-state index in [1.807, 2.05) is 18.2 Å². The molecule has 0 saturated carbocycles. The van der Waals surface area contributed by atoms with E-state index < -0.39 is 0 Å². The predicted molar refractivity (Wildman–Crippen MR) is 72.1 cm³/mol. The lowest BCUT2D eigenvalue weighted by atomic mass is 10.1. The minimum absolute atomic E-state index is 0.209. The van der Waals surface area contributed by atoms with Crippen LogP contribution < -0.4 is 5.73 Å². The lowest BCUT2D eigenvalue weighted by molar-refractivity contribution is 0.630. The lowest BCUT2D eigenvalue weighted by Gasteiger charge is -2.08. The molecule has 3 rings (SSSR count). The van der Waals surface area contributed by atoms with Gasteiger partial charge in [0, 0.05) is 22.0 Å². The van der Waals surface area contributed by atoms with Gasteiger partial charge in [-0.2, -0.15) is 0 Å². The van der Waals surface area contributed by atoms with Crippen LogP contribution in [0.25, 0.3) is 10.1 Å². The van der Waals surface area contributed by atoms with Gasteiger partial charge in [0.1, 0.15) is 5.82 Å². The predicted octanol–water partition coefficient (Wildman–Crippen LogP) is 3.48. The second kappa shape index (κ2) is 4.48. The third-order valence-corrected chi connectivity index (χ3v) is 4.05. The number of benzene rings is 1. The highest BCUT2D eigenvalue weighted by Crippen LogP contribution is 2.31. The standard InChI is InChI=1S/C14H11FN2S/c15-11-3-4-12-10(6-11)7-13(18-12)14(16)9-2-1-5-17-8-9/h1-8,14H,16H2.